The second kappa shape index (κ2) is 8.11. The first-order valence-electron chi connectivity index (χ1n) is 7.35. The van der Waals surface area contributed by atoms with E-state index in [0.717, 1.165) is 34.1 Å². The van der Waals surface area contributed by atoms with Gasteiger partial charge in [0.25, 0.3) is 5.91 Å². The molecule has 0 unspecified atom stereocenters. The van der Waals surface area contributed by atoms with Gasteiger partial charge in [-0.1, -0.05) is 52.3 Å². The maximum atomic E-state index is 12.7. The lowest BCUT2D eigenvalue weighted by molar-refractivity contribution is 0.0784. The minimum Gasteiger partial charge on any atom is -0.337 e. The Balaban J connectivity index is 2.15. The lowest BCUT2D eigenvalue weighted by Crippen LogP contribution is -2.27. The highest BCUT2D eigenvalue weighted by molar-refractivity contribution is 9.10. The number of amides is 1. The van der Waals surface area contributed by atoms with Gasteiger partial charge < -0.3 is 10.2 Å². The first-order valence-corrected chi connectivity index (χ1v) is 8.14. The van der Waals surface area contributed by atoms with Crippen molar-refractivity contribution in [2.75, 3.05) is 20.6 Å². The van der Waals surface area contributed by atoms with Gasteiger partial charge in [0, 0.05) is 23.6 Å². The standard InChI is InChI=1S/C18H21BrN2O/c1-20-12-11-14-7-3-5-9-16(14)18(22)21(2)13-15-8-4-6-10-17(15)19/h3-10,20H,11-13H2,1-2H3. The zero-order valence-corrected chi connectivity index (χ0v) is 14.6. The molecule has 2 rings (SSSR count). The van der Waals surface area contributed by atoms with Gasteiger partial charge in [-0.15, -0.1) is 0 Å². The van der Waals surface area contributed by atoms with Crippen molar-refractivity contribution in [2.24, 2.45) is 0 Å². The summed E-state index contributed by atoms with van der Waals surface area (Å²) in [4.78, 5) is 14.5. The fourth-order valence-corrected chi connectivity index (χ4v) is 2.78. The Hall–Kier alpha value is -1.65. The molecule has 0 aliphatic rings. The van der Waals surface area contributed by atoms with Crippen LogP contribution in [0.4, 0.5) is 0 Å². The van der Waals surface area contributed by atoms with E-state index in [-0.39, 0.29) is 5.91 Å². The highest BCUT2D eigenvalue weighted by atomic mass is 79.9. The van der Waals surface area contributed by atoms with Crippen LogP contribution in [0.3, 0.4) is 0 Å². The Bertz CT molecular complexity index is 642. The largest absolute Gasteiger partial charge is 0.337 e. The normalized spacial score (nSPS) is 10.5. The quantitative estimate of drug-likeness (QED) is 0.854. The summed E-state index contributed by atoms with van der Waals surface area (Å²) in [5, 5.41) is 3.13. The molecule has 0 aromatic heterocycles. The van der Waals surface area contributed by atoms with Crippen molar-refractivity contribution in [1.82, 2.24) is 10.2 Å². The molecule has 0 aliphatic carbocycles. The van der Waals surface area contributed by atoms with Crippen molar-refractivity contribution in [2.45, 2.75) is 13.0 Å². The van der Waals surface area contributed by atoms with E-state index in [9.17, 15) is 4.79 Å². The molecule has 22 heavy (non-hydrogen) atoms. The van der Waals surface area contributed by atoms with Crippen molar-refractivity contribution in [3.8, 4) is 0 Å². The molecule has 0 spiro atoms. The van der Waals surface area contributed by atoms with E-state index in [1.165, 1.54) is 0 Å². The van der Waals surface area contributed by atoms with Gasteiger partial charge in [0.1, 0.15) is 0 Å². The van der Waals surface area contributed by atoms with Crippen molar-refractivity contribution < 1.29 is 4.79 Å². The molecule has 116 valence electrons. The first-order chi connectivity index (χ1) is 10.6. The predicted octanol–water partition coefficient (Wildman–Crippen LogP) is 3.48. The Kier molecular flexibility index (Phi) is 6.16. The number of carbonyl (C=O) groups excluding carboxylic acids is 1. The number of nitrogens with one attached hydrogen (secondary N) is 1. The second-order valence-electron chi connectivity index (χ2n) is 5.26. The van der Waals surface area contributed by atoms with E-state index >= 15 is 0 Å². The van der Waals surface area contributed by atoms with Crippen LogP contribution in [0.15, 0.2) is 53.0 Å². The average Bonchev–Trinajstić information content (AvgIpc) is 2.54. The lowest BCUT2D eigenvalue weighted by atomic mass is 10.0. The van der Waals surface area contributed by atoms with Gasteiger partial charge >= 0.3 is 0 Å². The van der Waals surface area contributed by atoms with Crippen molar-refractivity contribution in [3.05, 3.63) is 69.7 Å². The van der Waals surface area contributed by atoms with Crippen molar-refractivity contribution in [3.63, 3.8) is 0 Å². The Morgan fingerprint density at radius 2 is 1.73 bits per heavy atom. The van der Waals surface area contributed by atoms with E-state index < -0.39 is 0 Å². The minimum atomic E-state index is 0.0578. The van der Waals surface area contributed by atoms with Gasteiger partial charge in [-0.05, 0) is 43.3 Å². The second-order valence-corrected chi connectivity index (χ2v) is 6.12. The summed E-state index contributed by atoms with van der Waals surface area (Å²) in [6, 6.07) is 15.8. The van der Waals surface area contributed by atoms with Crippen LogP contribution in [0.5, 0.6) is 0 Å². The van der Waals surface area contributed by atoms with Gasteiger partial charge in [-0.3, -0.25) is 4.79 Å². The molecule has 1 amide bonds. The molecular formula is C18H21BrN2O. The van der Waals surface area contributed by atoms with Crippen LogP contribution in [-0.2, 0) is 13.0 Å². The molecule has 0 saturated carbocycles. The van der Waals surface area contributed by atoms with Gasteiger partial charge in [0.2, 0.25) is 0 Å². The number of hydrogen-bond donors (Lipinski definition) is 1. The Morgan fingerprint density at radius 1 is 1.09 bits per heavy atom. The molecule has 3 nitrogen and oxygen atoms in total. The summed E-state index contributed by atoms with van der Waals surface area (Å²) >= 11 is 3.53. The van der Waals surface area contributed by atoms with E-state index in [1.54, 1.807) is 4.90 Å². The summed E-state index contributed by atoms with van der Waals surface area (Å²) in [7, 11) is 3.76. The Labute approximate surface area is 140 Å². The number of hydrogen-bond acceptors (Lipinski definition) is 2. The van der Waals surface area contributed by atoms with E-state index in [2.05, 4.69) is 21.2 Å². The third kappa shape index (κ3) is 4.18. The van der Waals surface area contributed by atoms with Gasteiger partial charge in [-0.25, -0.2) is 0 Å². The zero-order chi connectivity index (χ0) is 15.9. The van der Waals surface area contributed by atoms with Gasteiger partial charge in [0.15, 0.2) is 0 Å². The molecule has 0 atom stereocenters. The number of benzene rings is 2. The number of likely N-dealkylation sites (N-methyl/N-ethyl adjacent to an activating group) is 1. The molecular weight excluding hydrogens is 340 g/mol. The zero-order valence-electron chi connectivity index (χ0n) is 13.0. The van der Waals surface area contributed by atoms with Crippen LogP contribution < -0.4 is 5.32 Å². The molecule has 0 fully saturated rings. The predicted molar refractivity (Wildman–Crippen MR) is 94.0 cm³/mol. The van der Waals surface area contributed by atoms with Crippen LogP contribution in [0.1, 0.15) is 21.5 Å². The number of rotatable bonds is 6. The topological polar surface area (TPSA) is 32.3 Å². The number of carbonyl (C=O) groups is 1. The van der Waals surface area contributed by atoms with Crippen LogP contribution in [0, 0.1) is 0 Å². The fraction of sp³-hybridized carbons (Fsp3) is 0.278. The molecule has 2 aromatic carbocycles. The molecule has 0 heterocycles. The molecule has 0 saturated heterocycles. The van der Waals surface area contributed by atoms with Gasteiger partial charge in [0.05, 0.1) is 0 Å². The highest BCUT2D eigenvalue weighted by Crippen LogP contribution is 2.19. The first kappa shape index (κ1) is 16.7. The number of nitrogens with zero attached hydrogens (tertiary/aromatic N) is 1. The van der Waals surface area contributed by atoms with Crippen LogP contribution >= 0.6 is 15.9 Å². The monoisotopic (exact) mass is 360 g/mol. The summed E-state index contributed by atoms with van der Waals surface area (Å²) in [5.41, 5.74) is 2.97. The van der Waals surface area contributed by atoms with Crippen LogP contribution in [0.2, 0.25) is 0 Å². The van der Waals surface area contributed by atoms with Crippen molar-refractivity contribution >= 4 is 21.8 Å². The molecule has 1 N–H and O–H groups in total. The highest BCUT2D eigenvalue weighted by Gasteiger charge is 2.16. The fourth-order valence-electron chi connectivity index (χ4n) is 2.37. The lowest BCUT2D eigenvalue weighted by Gasteiger charge is -2.20. The summed E-state index contributed by atoms with van der Waals surface area (Å²) in [5.74, 6) is 0.0578. The third-order valence-corrected chi connectivity index (χ3v) is 4.38. The maximum Gasteiger partial charge on any atom is 0.254 e. The van der Waals surface area contributed by atoms with Crippen LogP contribution in [0.25, 0.3) is 0 Å². The Morgan fingerprint density at radius 3 is 2.41 bits per heavy atom. The molecule has 0 aliphatic heterocycles. The SMILES string of the molecule is CNCCc1ccccc1C(=O)N(C)Cc1ccccc1Br. The van der Waals surface area contributed by atoms with Crippen LogP contribution in [-0.4, -0.2) is 31.4 Å². The summed E-state index contributed by atoms with van der Waals surface area (Å²) in [6.07, 6.45) is 0.848. The molecule has 4 heteroatoms. The minimum absolute atomic E-state index is 0.0578. The van der Waals surface area contributed by atoms with Crippen molar-refractivity contribution in [1.29, 1.82) is 0 Å². The third-order valence-electron chi connectivity index (χ3n) is 3.60. The molecule has 0 bridgehead atoms. The smallest absolute Gasteiger partial charge is 0.254 e. The summed E-state index contributed by atoms with van der Waals surface area (Å²) < 4.78 is 1.03. The average molecular weight is 361 g/mol. The molecule has 2 aromatic rings. The maximum absolute atomic E-state index is 12.7. The van der Waals surface area contributed by atoms with E-state index in [0.29, 0.717) is 6.54 Å². The summed E-state index contributed by atoms with van der Waals surface area (Å²) in [6.45, 7) is 1.44. The molecule has 0 radical (unpaired) electrons. The van der Waals surface area contributed by atoms with Gasteiger partial charge in [-0.2, -0.15) is 0 Å². The number of halogens is 1. The van der Waals surface area contributed by atoms with E-state index in [4.69, 9.17) is 0 Å². The van der Waals surface area contributed by atoms with E-state index in [1.807, 2.05) is 62.6 Å².